The van der Waals surface area contributed by atoms with Crippen molar-refractivity contribution in [2.45, 2.75) is 13.5 Å². The molecule has 1 aromatic carbocycles. The Morgan fingerprint density at radius 3 is 2.79 bits per heavy atom. The fourth-order valence-corrected chi connectivity index (χ4v) is 3.45. The maximum absolute atomic E-state index is 12.4. The standard InChI is InChI=1S/C14H13BrClNOS/c1-9-3-4-11(16)6-13(9)14(18)17(2)7-12-5-10(15)8-19-12/h3-6,8H,7H2,1-2H3. The van der Waals surface area contributed by atoms with Crippen molar-refractivity contribution < 1.29 is 4.79 Å². The van der Waals surface area contributed by atoms with Crippen LogP contribution in [0.15, 0.2) is 34.1 Å². The number of hydrogen-bond acceptors (Lipinski definition) is 2. The molecule has 19 heavy (non-hydrogen) atoms. The highest BCUT2D eigenvalue weighted by atomic mass is 79.9. The van der Waals surface area contributed by atoms with Crippen molar-refractivity contribution in [1.82, 2.24) is 4.90 Å². The van der Waals surface area contributed by atoms with Crippen LogP contribution in [-0.2, 0) is 6.54 Å². The van der Waals surface area contributed by atoms with Gasteiger partial charge in [0.2, 0.25) is 0 Å². The van der Waals surface area contributed by atoms with Gasteiger partial charge in [-0.15, -0.1) is 11.3 Å². The number of rotatable bonds is 3. The first-order chi connectivity index (χ1) is 8.97. The zero-order chi connectivity index (χ0) is 14.0. The number of halogens is 2. The van der Waals surface area contributed by atoms with Gasteiger partial charge in [-0.2, -0.15) is 0 Å². The predicted octanol–water partition coefficient (Wildman–Crippen LogP) is 4.74. The third kappa shape index (κ3) is 3.59. The molecular weight excluding hydrogens is 346 g/mol. The Morgan fingerprint density at radius 1 is 1.42 bits per heavy atom. The van der Waals surface area contributed by atoms with Crippen molar-refractivity contribution >= 4 is 44.8 Å². The molecule has 2 aromatic rings. The molecule has 0 radical (unpaired) electrons. The number of amides is 1. The van der Waals surface area contributed by atoms with E-state index in [4.69, 9.17) is 11.6 Å². The van der Waals surface area contributed by atoms with Crippen LogP contribution in [0.2, 0.25) is 5.02 Å². The predicted molar refractivity (Wildman–Crippen MR) is 84.0 cm³/mol. The minimum absolute atomic E-state index is 0.00970. The van der Waals surface area contributed by atoms with Gasteiger partial charge < -0.3 is 4.90 Å². The van der Waals surface area contributed by atoms with Gasteiger partial charge >= 0.3 is 0 Å². The summed E-state index contributed by atoms with van der Waals surface area (Å²) in [5.74, 6) is -0.00970. The zero-order valence-corrected chi connectivity index (χ0v) is 13.8. The summed E-state index contributed by atoms with van der Waals surface area (Å²) in [7, 11) is 1.80. The molecular formula is C14H13BrClNOS. The topological polar surface area (TPSA) is 20.3 Å². The number of carbonyl (C=O) groups excluding carboxylic acids is 1. The van der Waals surface area contributed by atoms with E-state index in [0.717, 1.165) is 14.9 Å². The van der Waals surface area contributed by atoms with E-state index in [0.29, 0.717) is 17.1 Å². The van der Waals surface area contributed by atoms with Crippen LogP contribution in [0.5, 0.6) is 0 Å². The summed E-state index contributed by atoms with van der Waals surface area (Å²) >= 11 is 11.0. The first-order valence-corrected chi connectivity index (χ1v) is 7.77. The van der Waals surface area contributed by atoms with E-state index in [1.807, 2.05) is 24.4 Å². The normalized spacial score (nSPS) is 10.5. The van der Waals surface area contributed by atoms with Crippen LogP contribution in [0.25, 0.3) is 0 Å². The Balaban J connectivity index is 2.16. The average molecular weight is 359 g/mol. The second-order valence-electron chi connectivity index (χ2n) is 4.35. The van der Waals surface area contributed by atoms with Crippen LogP contribution >= 0.6 is 38.9 Å². The number of carbonyl (C=O) groups is 1. The molecule has 1 aromatic heterocycles. The molecule has 0 N–H and O–H groups in total. The molecule has 0 atom stereocenters. The Labute approximate surface area is 130 Å². The van der Waals surface area contributed by atoms with Gasteiger partial charge in [-0.1, -0.05) is 17.7 Å². The minimum atomic E-state index is -0.00970. The molecule has 100 valence electrons. The Hall–Kier alpha value is -0.840. The molecule has 1 heterocycles. The SMILES string of the molecule is Cc1ccc(Cl)cc1C(=O)N(C)Cc1cc(Br)cs1. The minimum Gasteiger partial charge on any atom is -0.337 e. The summed E-state index contributed by atoms with van der Waals surface area (Å²) in [6, 6.07) is 7.41. The first-order valence-electron chi connectivity index (χ1n) is 5.72. The Morgan fingerprint density at radius 2 is 2.16 bits per heavy atom. The van der Waals surface area contributed by atoms with Crippen LogP contribution in [-0.4, -0.2) is 17.9 Å². The Bertz CT molecular complexity index is 611. The molecule has 0 saturated heterocycles. The van der Waals surface area contributed by atoms with Gasteiger partial charge in [-0.25, -0.2) is 0 Å². The summed E-state index contributed by atoms with van der Waals surface area (Å²) < 4.78 is 1.05. The molecule has 5 heteroatoms. The largest absolute Gasteiger partial charge is 0.337 e. The van der Waals surface area contributed by atoms with E-state index >= 15 is 0 Å². The lowest BCUT2D eigenvalue weighted by Gasteiger charge is -2.17. The van der Waals surface area contributed by atoms with Gasteiger partial charge in [0.05, 0.1) is 6.54 Å². The average Bonchev–Trinajstić information content (AvgIpc) is 2.77. The van der Waals surface area contributed by atoms with Crippen molar-refractivity contribution in [2.24, 2.45) is 0 Å². The molecule has 0 aliphatic rings. The van der Waals surface area contributed by atoms with E-state index < -0.39 is 0 Å². The third-order valence-corrected chi connectivity index (χ3v) is 4.71. The lowest BCUT2D eigenvalue weighted by Crippen LogP contribution is -2.26. The quantitative estimate of drug-likeness (QED) is 0.775. The molecule has 0 saturated carbocycles. The van der Waals surface area contributed by atoms with Crippen molar-refractivity contribution in [3.63, 3.8) is 0 Å². The van der Waals surface area contributed by atoms with E-state index in [1.165, 1.54) is 0 Å². The van der Waals surface area contributed by atoms with Crippen LogP contribution < -0.4 is 0 Å². The summed E-state index contributed by atoms with van der Waals surface area (Å²) in [6.07, 6.45) is 0. The molecule has 0 aliphatic heterocycles. The van der Waals surface area contributed by atoms with E-state index in [-0.39, 0.29) is 5.91 Å². The molecule has 0 spiro atoms. The number of thiophene rings is 1. The highest BCUT2D eigenvalue weighted by molar-refractivity contribution is 9.10. The van der Waals surface area contributed by atoms with Crippen molar-refractivity contribution in [3.8, 4) is 0 Å². The zero-order valence-electron chi connectivity index (χ0n) is 10.6. The second-order valence-corrected chi connectivity index (χ2v) is 6.70. The van der Waals surface area contributed by atoms with Crippen molar-refractivity contribution in [1.29, 1.82) is 0 Å². The number of hydrogen-bond donors (Lipinski definition) is 0. The molecule has 0 aliphatic carbocycles. The lowest BCUT2D eigenvalue weighted by atomic mass is 10.1. The van der Waals surface area contributed by atoms with E-state index in [2.05, 4.69) is 15.9 Å². The number of benzene rings is 1. The van der Waals surface area contributed by atoms with Gasteiger partial charge in [0.1, 0.15) is 0 Å². The van der Waals surface area contributed by atoms with Gasteiger partial charge in [-0.3, -0.25) is 4.79 Å². The number of nitrogens with zero attached hydrogens (tertiary/aromatic N) is 1. The molecule has 2 nitrogen and oxygen atoms in total. The molecule has 0 bridgehead atoms. The van der Waals surface area contributed by atoms with Crippen LogP contribution in [0, 0.1) is 6.92 Å². The van der Waals surface area contributed by atoms with E-state index in [1.54, 1.807) is 35.4 Å². The van der Waals surface area contributed by atoms with Crippen LogP contribution in [0.3, 0.4) is 0 Å². The smallest absolute Gasteiger partial charge is 0.254 e. The van der Waals surface area contributed by atoms with Gasteiger partial charge in [0, 0.05) is 32.4 Å². The first kappa shape index (κ1) is 14.6. The highest BCUT2D eigenvalue weighted by Crippen LogP contribution is 2.22. The summed E-state index contributed by atoms with van der Waals surface area (Å²) in [5, 5.41) is 2.60. The van der Waals surface area contributed by atoms with Gasteiger partial charge in [0.25, 0.3) is 5.91 Å². The monoisotopic (exact) mass is 357 g/mol. The summed E-state index contributed by atoms with van der Waals surface area (Å²) in [4.78, 5) is 15.2. The maximum Gasteiger partial charge on any atom is 0.254 e. The van der Waals surface area contributed by atoms with Crippen molar-refractivity contribution in [2.75, 3.05) is 7.05 Å². The molecule has 1 amide bonds. The summed E-state index contributed by atoms with van der Waals surface area (Å²) in [6.45, 7) is 2.51. The lowest BCUT2D eigenvalue weighted by molar-refractivity contribution is 0.0785. The van der Waals surface area contributed by atoms with Crippen LogP contribution in [0.1, 0.15) is 20.8 Å². The van der Waals surface area contributed by atoms with Gasteiger partial charge in [0.15, 0.2) is 0 Å². The molecule has 0 unspecified atom stereocenters. The maximum atomic E-state index is 12.4. The number of aryl methyl sites for hydroxylation is 1. The third-order valence-electron chi connectivity index (χ3n) is 2.79. The van der Waals surface area contributed by atoms with Crippen molar-refractivity contribution in [3.05, 3.63) is 55.1 Å². The molecule has 2 rings (SSSR count). The fourth-order valence-electron chi connectivity index (χ4n) is 1.77. The highest BCUT2D eigenvalue weighted by Gasteiger charge is 2.15. The second kappa shape index (κ2) is 6.07. The van der Waals surface area contributed by atoms with E-state index in [9.17, 15) is 4.79 Å². The van der Waals surface area contributed by atoms with Gasteiger partial charge in [-0.05, 0) is 46.6 Å². The van der Waals surface area contributed by atoms with Crippen LogP contribution in [0.4, 0.5) is 0 Å². The Kier molecular flexibility index (Phi) is 4.66. The fraction of sp³-hybridized carbons (Fsp3) is 0.214. The molecule has 0 fully saturated rings. The summed E-state index contributed by atoms with van der Waals surface area (Å²) in [5.41, 5.74) is 1.60.